The summed E-state index contributed by atoms with van der Waals surface area (Å²) < 4.78 is 0. The molecule has 0 aromatic carbocycles. The first kappa shape index (κ1) is 16.9. The molecule has 0 bridgehead atoms. The minimum absolute atomic E-state index is 0.00431. The highest BCUT2D eigenvalue weighted by Crippen LogP contribution is 2.43. The molecule has 1 unspecified atom stereocenters. The summed E-state index contributed by atoms with van der Waals surface area (Å²) in [5.41, 5.74) is 2.37. The highest BCUT2D eigenvalue weighted by molar-refractivity contribution is 5.83. The number of carbonyl (C=O) groups is 2. The Morgan fingerprint density at radius 2 is 2.08 bits per heavy atom. The monoisotopic (exact) mass is 330 g/mol. The first-order valence-corrected chi connectivity index (χ1v) is 8.72. The number of amides is 2. The van der Waals surface area contributed by atoms with Gasteiger partial charge in [0.25, 0.3) is 0 Å². The number of rotatable bonds is 3. The van der Waals surface area contributed by atoms with Gasteiger partial charge in [-0.25, -0.2) is 9.97 Å². The number of aromatic nitrogens is 2. The molecule has 1 saturated heterocycles. The molecule has 1 aliphatic heterocycles. The Labute approximate surface area is 143 Å². The lowest BCUT2D eigenvalue weighted by Crippen LogP contribution is -2.48. The molecule has 1 atom stereocenters. The summed E-state index contributed by atoms with van der Waals surface area (Å²) in [5.74, 6) is 0.892. The standard InChI is InChI=1S/C18H26N4O2/c1-13-19-11-14-7-9-18(17(14)20-13)8-4-10-22(12-18)16(24)6-5-15(23)21(2)3/h11H,4-10,12H2,1-3H3. The van der Waals surface area contributed by atoms with E-state index in [-0.39, 0.29) is 23.7 Å². The zero-order valence-corrected chi connectivity index (χ0v) is 14.8. The molecule has 1 fully saturated rings. The highest BCUT2D eigenvalue weighted by Gasteiger charge is 2.44. The number of likely N-dealkylation sites (tertiary alicyclic amines) is 1. The fourth-order valence-corrected chi connectivity index (χ4v) is 3.97. The van der Waals surface area contributed by atoms with Crippen molar-refractivity contribution < 1.29 is 9.59 Å². The van der Waals surface area contributed by atoms with Crippen LogP contribution in [0.5, 0.6) is 0 Å². The molecule has 24 heavy (non-hydrogen) atoms. The Kier molecular flexibility index (Phi) is 4.56. The first-order valence-electron chi connectivity index (χ1n) is 8.72. The van der Waals surface area contributed by atoms with Crippen LogP contribution in [-0.2, 0) is 21.4 Å². The van der Waals surface area contributed by atoms with E-state index in [1.165, 1.54) is 10.5 Å². The molecule has 0 saturated carbocycles. The molecule has 2 heterocycles. The molecule has 3 rings (SSSR count). The second-order valence-electron chi connectivity index (χ2n) is 7.28. The van der Waals surface area contributed by atoms with Gasteiger partial charge >= 0.3 is 0 Å². The molecule has 1 aromatic heterocycles. The molecule has 130 valence electrons. The van der Waals surface area contributed by atoms with Crippen molar-refractivity contribution in [1.29, 1.82) is 0 Å². The zero-order valence-electron chi connectivity index (χ0n) is 14.8. The maximum Gasteiger partial charge on any atom is 0.223 e. The van der Waals surface area contributed by atoms with Gasteiger partial charge in [-0.15, -0.1) is 0 Å². The lowest BCUT2D eigenvalue weighted by atomic mass is 9.77. The largest absolute Gasteiger partial charge is 0.349 e. The molecule has 1 spiro atoms. The smallest absolute Gasteiger partial charge is 0.223 e. The fourth-order valence-electron chi connectivity index (χ4n) is 3.97. The molecular weight excluding hydrogens is 304 g/mol. The van der Waals surface area contributed by atoms with Crippen molar-refractivity contribution >= 4 is 11.8 Å². The Bertz CT molecular complexity index is 654. The van der Waals surface area contributed by atoms with E-state index in [4.69, 9.17) is 4.98 Å². The Morgan fingerprint density at radius 3 is 2.83 bits per heavy atom. The summed E-state index contributed by atoms with van der Waals surface area (Å²) in [6.45, 7) is 3.44. The fraction of sp³-hybridized carbons (Fsp3) is 0.667. The number of nitrogens with zero attached hydrogens (tertiary/aromatic N) is 4. The molecule has 6 nitrogen and oxygen atoms in total. The summed E-state index contributed by atoms with van der Waals surface area (Å²) in [4.78, 5) is 36.8. The van der Waals surface area contributed by atoms with Crippen molar-refractivity contribution in [1.82, 2.24) is 19.8 Å². The van der Waals surface area contributed by atoms with Crippen LogP contribution in [0.2, 0.25) is 0 Å². The average molecular weight is 330 g/mol. The van der Waals surface area contributed by atoms with E-state index in [2.05, 4.69) is 4.98 Å². The number of piperidine rings is 1. The predicted octanol–water partition coefficient (Wildman–Crippen LogP) is 1.46. The van der Waals surface area contributed by atoms with E-state index in [0.29, 0.717) is 6.42 Å². The van der Waals surface area contributed by atoms with E-state index in [9.17, 15) is 9.59 Å². The number of hydrogen-bond donors (Lipinski definition) is 0. The number of hydrogen-bond acceptors (Lipinski definition) is 4. The van der Waals surface area contributed by atoms with Crippen LogP contribution in [-0.4, -0.2) is 58.8 Å². The van der Waals surface area contributed by atoms with Gasteiger partial charge in [-0.3, -0.25) is 9.59 Å². The SMILES string of the molecule is Cc1ncc2c(n1)C1(CCCN(C(=O)CCC(=O)N(C)C)C1)CC2. The molecule has 0 radical (unpaired) electrons. The van der Waals surface area contributed by atoms with Gasteiger partial charge in [0, 0.05) is 51.6 Å². The van der Waals surface area contributed by atoms with Crippen molar-refractivity contribution in [2.75, 3.05) is 27.2 Å². The van der Waals surface area contributed by atoms with Gasteiger partial charge in [0.05, 0.1) is 5.69 Å². The Morgan fingerprint density at radius 1 is 1.29 bits per heavy atom. The Balaban J connectivity index is 1.71. The van der Waals surface area contributed by atoms with E-state index in [0.717, 1.165) is 50.3 Å². The van der Waals surface area contributed by atoms with Crippen LogP contribution in [0.3, 0.4) is 0 Å². The third-order valence-electron chi connectivity index (χ3n) is 5.34. The molecule has 0 N–H and O–H groups in total. The van der Waals surface area contributed by atoms with Gasteiger partial charge in [0.1, 0.15) is 5.82 Å². The average Bonchev–Trinajstić information content (AvgIpc) is 2.90. The van der Waals surface area contributed by atoms with Gasteiger partial charge in [-0.1, -0.05) is 0 Å². The van der Waals surface area contributed by atoms with Crippen LogP contribution in [0.25, 0.3) is 0 Å². The van der Waals surface area contributed by atoms with Crippen LogP contribution in [0.4, 0.5) is 0 Å². The van der Waals surface area contributed by atoms with Crippen LogP contribution >= 0.6 is 0 Å². The van der Waals surface area contributed by atoms with Crippen LogP contribution in [0.1, 0.15) is 49.2 Å². The van der Waals surface area contributed by atoms with Crippen LogP contribution in [0.15, 0.2) is 6.20 Å². The Hall–Kier alpha value is -1.98. The topological polar surface area (TPSA) is 66.4 Å². The molecule has 2 amide bonds. The van der Waals surface area contributed by atoms with E-state index < -0.39 is 0 Å². The van der Waals surface area contributed by atoms with E-state index >= 15 is 0 Å². The van der Waals surface area contributed by atoms with Crippen molar-refractivity contribution in [2.45, 2.75) is 50.9 Å². The lowest BCUT2D eigenvalue weighted by Gasteiger charge is -2.40. The van der Waals surface area contributed by atoms with Crippen molar-refractivity contribution in [3.63, 3.8) is 0 Å². The normalized spacial score (nSPS) is 22.5. The van der Waals surface area contributed by atoms with Crippen molar-refractivity contribution in [3.05, 3.63) is 23.3 Å². The quantitative estimate of drug-likeness (QED) is 0.841. The summed E-state index contributed by atoms with van der Waals surface area (Å²) in [5, 5.41) is 0. The first-order chi connectivity index (χ1) is 11.4. The second kappa shape index (κ2) is 6.49. The summed E-state index contributed by atoms with van der Waals surface area (Å²) in [6.07, 6.45) is 6.64. The third kappa shape index (κ3) is 3.14. The van der Waals surface area contributed by atoms with Gasteiger partial charge < -0.3 is 9.80 Å². The summed E-state index contributed by atoms with van der Waals surface area (Å²) in [6, 6.07) is 0. The van der Waals surface area contributed by atoms with E-state index in [1.54, 1.807) is 14.1 Å². The van der Waals surface area contributed by atoms with E-state index in [1.807, 2.05) is 18.0 Å². The third-order valence-corrected chi connectivity index (χ3v) is 5.34. The van der Waals surface area contributed by atoms with Gasteiger partial charge in [-0.2, -0.15) is 0 Å². The van der Waals surface area contributed by atoms with Crippen LogP contribution in [0, 0.1) is 6.92 Å². The van der Waals surface area contributed by atoms with Gasteiger partial charge in [0.2, 0.25) is 11.8 Å². The minimum atomic E-state index is -0.0114. The number of fused-ring (bicyclic) bond motifs is 2. The zero-order chi connectivity index (χ0) is 17.3. The molecule has 1 aliphatic carbocycles. The maximum absolute atomic E-state index is 12.6. The second-order valence-corrected chi connectivity index (χ2v) is 7.28. The number of aryl methyl sites for hydroxylation is 2. The summed E-state index contributed by atoms with van der Waals surface area (Å²) >= 11 is 0. The van der Waals surface area contributed by atoms with Crippen LogP contribution < -0.4 is 0 Å². The predicted molar refractivity (Wildman–Crippen MR) is 90.5 cm³/mol. The maximum atomic E-state index is 12.6. The molecule has 1 aromatic rings. The highest BCUT2D eigenvalue weighted by atomic mass is 16.2. The number of carbonyl (C=O) groups excluding carboxylic acids is 2. The molecule has 2 aliphatic rings. The van der Waals surface area contributed by atoms with Gasteiger partial charge in [0.15, 0.2) is 0 Å². The lowest BCUT2D eigenvalue weighted by molar-refractivity contribution is -0.137. The summed E-state index contributed by atoms with van der Waals surface area (Å²) in [7, 11) is 3.44. The molecule has 6 heteroatoms. The minimum Gasteiger partial charge on any atom is -0.349 e. The van der Waals surface area contributed by atoms with Crippen molar-refractivity contribution in [2.24, 2.45) is 0 Å². The van der Waals surface area contributed by atoms with Gasteiger partial charge in [-0.05, 0) is 38.2 Å². The molecular formula is C18H26N4O2. The van der Waals surface area contributed by atoms with Crippen molar-refractivity contribution in [3.8, 4) is 0 Å².